The maximum atomic E-state index is 11.2. The van der Waals surface area contributed by atoms with Crippen molar-refractivity contribution in [3.63, 3.8) is 0 Å². The van der Waals surface area contributed by atoms with Crippen molar-refractivity contribution in [2.45, 2.75) is 25.9 Å². The van der Waals surface area contributed by atoms with Gasteiger partial charge in [-0.2, -0.15) is 0 Å². The molecule has 5 nitrogen and oxygen atoms in total. The minimum atomic E-state index is -0.543. The van der Waals surface area contributed by atoms with E-state index in [1.807, 2.05) is 0 Å². The number of ether oxygens (including phenoxy) is 1. The summed E-state index contributed by atoms with van der Waals surface area (Å²) in [5, 5.41) is 19.2. The molecule has 1 saturated heterocycles. The van der Waals surface area contributed by atoms with Gasteiger partial charge in [0, 0.05) is 18.7 Å². The zero-order valence-electron chi connectivity index (χ0n) is 13.1. The predicted molar refractivity (Wildman–Crippen MR) is 84.2 cm³/mol. The number of aliphatic hydroxyl groups is 2. The Hall–Kier alpha value is -1.43. The van der Waals surface area contributed by atoms with E-state index in [4.69, 9.17) is 9.84 Å². The Morgan fingerprint density at radius 3 is 2.50 bits per heavy atom. The summed E-state index contributed by atoms with van der Waals surface area (Å²) in [6, 6.07) is 6.94. The second-order valence-corrected chi connectivity index (χ2v) is 5.97. The Morgan fingerprint density at radius 2 is 1.95 bits per heavy atom. The molecule has 22 heavy (non-hydrogen) atoms. The Balaban J connectivity index is 1.71. The molecule has 0 aliphatic carbocycles. The number of rotatable bonds is 7. The number of benzene rings is 1. The van der Waals surface area contributed by atoms with Gasteiger partial charge in [0.05, 0.1) is 0 Å². The van der Waals surface area contributed by atoms with Crippen molar-refractivity contribution in [3.05, 3.63) is 29.8 Å². The molecule has 0 aromatic heterocycles. The molecule has 1 aromatic carbocycles. The lowest BCUT2D eigenvalue weighted by atomic mass is 9.98. The van der Waals surface area contributed by atoms with Gasteiger partial charge in [0.2, 0.25) is 0 Å². The first-order valence-electron chi connectivity index (χ1n) is 7.83. The number of β-amino-alcohol motifs (C(OH)–C–C–N with tert-alkyl or cyclic N) is 1. The smallest absolute Gasteiger partial charge is 0.159 e. The highest BCUT2D eigenvalue weighted by Gasteiger charge is 2.20. The topological polar surface area (TPSA) is 70.0 Å². The summed E-state index contributed by atoms with van der Waals surface area (Å²) in [6.45, 7) is 4.43. The van der Waals surface area contributed by atoms with Gasteiger partial charge in [-0.3, -0.25) is 4.79 Å². The van der Waals surface area contributed by atoms with Crippen LogP contribution < -0.4 is 4.74 Å². The summed E-state index contributed by atoms with van der Waals surface area (Å²) in [5.41, 5.74) is 0.652. The van der Waals surface area contributed by atoms with Gasteiger partial charge in [-0.15, -0.1) is 0 Å². The molecule has 0 saturated carbocycles. The lowest BCUT2D eigenvalue weighted by Crippen LogP contribution is -2.41. The molecule has 5 heteroatoms. The number of aliphatic hydroxyl groups excluding tert-OH is 2. The molecule has 2 N–H and O–H groups in total. The highest BCUT2D eigenvalue weighted by Crippen LogP contribution is 2.17. The minimum absolute atomic E-state index is 0.0258. The molecule has 0 radical (unpaired) electrons. The van der Waals surface area contributed by atoms with Crippen LogP contribution in [0.1, 0.15) is 30.1 Å². The Kier molecular flexibility index (Phi) is 6.36. The first-order chi connectivity index (χ1) is 10.6. The number of carbonyl (C=O) groups excluding carboxylic acids is 1. The van der Waals surface area contributed by atoms with Gasteiger partial charge in [0.25, 0.3) is 0 Å². The summed E-state index contributed by atoms with van der Waals surface area (Å²) >= 11 is 0. The van der Waals surface area contributed by atoms with Crippen molar-refractivity contribution in [1.82, 2.24) is 4.90 Å². The molecular weight excluding hydrogens is 282 g/mol. The van der Waals surface area contributed by atoms with Crippen molar-refractivity contribution < 1.29 is 19.7 Å². The fraction of sp³-hybridized carbons (Fsp3) is 0.588. The lowest BCUT2D eigenvalue weighted by molar-refractivity contribution is 0.0488. The van der Waals surface area contributed by atoms with Gasteiger partial charge < -0.3 is 19.8 Å². The van der Waals surface area contributed by atoms with Gasteiger partial charge in [0.1, 0.15) is 18.5 Å². The molecule has 0 amide bonds. The fourth-order valence-electron chi connectivity index (χ4n) is 2.68. The van der Waals surface area contributed by atoms with Crippen molar-refractivity contribution >= 4 is 5.78 Å². The van der Waals surface area contributed by atoms with E-state index >= 15 is 0 Å². The molecule has 1 fully saturated rings. The number of piperidine rings is 1. The number of carbonyl (C=O) groups is 1. The summed E-state index contributed by atoms with van der Waals surface area (Å²) in [6.07, 6.45) is 1.42. The van der Waals surface area contributed by atoms with Crippen LogP contribution in [0.25, 0.3) is 0 Å². The summed E-state index contributed by atoms with van der Waals surface area (Å²) < 4.78 is 5.56. The monoisotopic (exact) mass is 307 g/mol. The minimum Gasteiger partial charge on any atom is -0.491 e. The van der Waals surface area contributed by atoms with Crippen LogP contribution in [0.2, 0.25) is 0 Å². The normalized spacial score (nSPS) is 18.1. The average molecular weight is 307 g/mol. The van der Waals surface area contributed by atoms with E-state index < -0.39 is 6.10 Å². The molecule has 1 unspecified atom stereocenters. The Labute approximate surface area is 131 Å². The predicted octanol–water partition coefficient (Wildman–Crippen LogP) is 1.33. The average Bonchev–Trinajstić information content (AvgIpc) is 2.54. The van der Waals surface area contributed by atoms with Crippen LogP contribution in [0.3, 0.4) is 0 Å². The van der Waals surface area contributed by atoms with E-state index in [2.05, 4.69) is 4.90 Å². The molecule has 1 aliphatic rings. The van der Waals surface area contributed by atoms with Crippen LogP contribution in [0.4, 0.5) is 0 Å². The number of hydrogen-bond donors (Lipinski definition) is 2. The van der Waals surface area contributed by atoms with Crippen LogP contribution in [0.15, 0.2) is 24.3 Å². The molecule has 0 bridgehead atoms. The van der Waals surface area contributed by atoms with E-state index in [0.717, 1.165) is 25.9 Å². The summed E-state index contributed by atoms with van der Waals surface area (Å²) in [4.78, 5) is 13.4. The van der Waals surface area contributed by atoms with Crippen molar-refractivity contribution in [3.8, 4) is 5.75 Å². The number of likely N-dealkylation sites (tertiary alicyclic amines) is 1. The van der Waals surface area contributed by atoms with Gasteiger partial charge >= 0.3 is 0 Å². The van der Waals surface area contributed by atoms with E-state index in [0.29, 0.717) is 23.8 Å². The maximum Gasteiger partial charge on any atom is 0.159 e. The molecule has 1 atom stereocenters. The van der Waals surface area contributed by atoms with Crippen LogP contribution in [-0.2, 0) is 0 Å². The van der Waals surface area contributed by atoms with Gasteiger partial charge in [-0.05, 0) is 63.0 Å². The first-order valence-corrected chi connectivity index (χ1v) is 7.83. The molecule has 2 rings (SSSR count). The third-order valence-electron chi connectivity index (χ3n) is 4.14. The highest BCUT2D eigenvalue weighted by atomic mass is 16.5. The quantitative estimate of drug-likeness (QED) is 0.744. The lowest BCUT2D eigenvalue weighted by Gasteiger charge is -2.32. The van der Waals surface area contributed by atoms with Crippen LogP contribution in [0, 0.1) is 5.92 Å². The third-order valence-corrected chi connectivity index (χ3v) is 4.14. The van der Waals surface area contributed by atoms with Crippen LogP contribution in [0.5, 0.6) is 5.75 Å². The van der Waals surface area contributed by atoms with E-state index in [1.54, 1.807) is 24.3 Å². The van der Waals surface area contributed by atoms with Crippen LogP contribution in [-0.4, -0.2) is 59.8 Å². The van der Waals surface area contributed by atoms with Crippen LogP contribution >= 0.6 is 0 Å². The first kappa shape index (κ1) is 16.9. The molecule has 0 spiro atoms. The SMILES string of the molecule is CC(=O)c1ccc(OCC(O)CN2CCC(CO)CC2)cc1. The van der Waals surface area contributed by atoms with E-state index in [1.165, 1.54) is 6.92 Å². The standard InChI is InChI=1S/C17H25NO4/c1-13(20)15-2-4-17(5-3-15)22-12-16(21)10-18-8-6-14(11-19)7-9-18/h2-5,14,16,19,21H,6-12H2,1H3. The van der Waals surface area contributed by atoms with Gasteiger partial charge in [-0.25, -0.2) is 0 Å². The summed E-state index contributed by atoms with van der Waals surface area (Å²) in [7, 11) is 0. The molecular formula is C17H25NO4. The maximum absolute atomic E-state index is 11.2. The number of Topliss-reactive ketones (excluding diaryl/α,β-unsaturated/α-hetero) is 1. The zero-order chi connectivity index (χ0) is 15.9. The zero-order valence-corrected chi connectivity index (χ0v) is 13.1. The Bertz CT molecular complexity index is 466. The van der Waals surface area contributed by atoms with Gasteiger partial charge in [-0.1, -0.05) is 0 Å². The number of ketones is 1. The number of nitrogens with zero attached hydrogens (tertiary/aromatic N) is 1. The second-order valence-electron chi connectivity index (χ2n) is 5.97. The third kappa shape index (κ3) is 5.09. The van der Waals surface area contributed by atoms with Gasteiger partial charge in [0.15, 0.2) is 5.78 Å². The summed E-state index contributed by atoms with van der Waals surface area (Å²) in [5.74, 6) is 1.09. The highest BCUT2D eigenvalue weighted by molar-refractivity contribution is 5.94. The molecule has 1 aliphatic heterocycles. The molecule has 1 aromatic rings. The Morgan fingerprint density at radius 1 is 1.32 bits per heavy atom. The molecule has 1 heterocycles. The number of hydrogen-bond acceptors (Lipinski definition) is 5. The molecule has 122 valence electrons. The van der Waals surface area contributed by atoms with E-state index in [9.17, 15) is 9.90 Å². The fourth-order valence-corrected chi connectivity index (χ4v) is 2.68. The van der Waals surface area contributed by atoms with E-state index in [-0.39, 0.29) is 19.0 Å². The van der Waals surface area contributed by atoms with Crippen molar-refractivity contribution in [2.75, 3.05) is 32.8 Å². The van der Waals surface area contributed by atoms with Crippen molar-refractivity contribution in [2.24, 2.45) is 5.92 Å². The largest absolute Gasteiger partial charge is 0.491 e. The van der Waals surface area contributed by atoms with Crippen molar-refractivity contribution in [1.29, 1.82) is 0 Å². The second kappa shape index (κ2) is 8.27.